The first kappa shape index (κ1) is 15.6. The summed E-state index contributed by atoms with van der Waals surface area (Å²) in [5.41, 5.74) is 0. The van der Waals surface area contributed by atoms with Gasteiger partial charge in [-0.2, -0.15) is 0 Å². The summed E-state index contributed by atoms with van der Waals surface area (Å²) in [6, 6.07) is 3.12. The van der Waals surface area contributed by atoms with Crippen LogP contribution < -0.4 is 10.1 Å². The minimum atomic E-state index is -1.37. The van der Waals surface area contributed by atoms with E-state index in [0.29, 0.717) is 5.02 Å². The molecule has 0 bridgehead atoms. The van der Waals surface area contributed by atoms with Gasteiger partial charge < -0.3 is 20.3 Å². The maximum absolute atomic E-state index is 11.4. The molecule has 19 heavy (non-hydrogen) atoms. The second-order valence-electron chi connectivity index (χ2n) is 3.50. The van der Waals surface area contributed by atoms with Crippen molar-refractivity contribution in [2.75, 3.05) is 13.2 Å². The second kappa shape index (κ2) is 7.18. The topological polar surface area (TPSA) is 95.9 Å². The van der Waals surface area contributed by atoms with Crippen molar-refractivity contribution in [3.63, 3.8) is 0 Å². The number of benzene rings is 1. The molecule has 8 heteroatoms. The van der Waals surface area contributed by atoms with E-state index in [1.54, 1.807) is 6.07 Å². The number of amides is 1. The third-order valence-corrected chi connectivity index (χ3v) is 2.62. The molecule has 1 atom stereocenters. The maximum atomic E-state index is 11.4. The first-order chi connectivity index (χ1) is 8.93. The number of halogens is 2. The van der Waals surface area contributed by atoms with E-state index >= 15 is 0 Å². The van der Waals surface area contributed by atoms with Crippen molar-refractivity contribution < 1.29 is 24.5 Å². The highest BCUT2D eigenvalue weighted by Crippen LogP contribution is 2.27. The Balaban J connectivity index is 2.54. The smallest absolute Gasteiger partial charge is 0.328 e. The average molecular weight is 308 g/mol. The van der Waals surface area contributed by atoms with E-state index in [1.165, 1.54) is 12.1 Å². The predicted octanol–water partition coefficient (Wildman–Crippen LogP) is 0.934. The third kappa shape index (κ3) is 4.94. The largest absolute Gasteiger partial charge is 0.482 e. The van der Waals surface area contributed by atoms with Gasteiger partial charge in [0, 0.05) is 11.1 Å². The summed E-state index contributed by atoms with van der Waals surface area (Å²) in [6.45, 7) is -1.15. The number of nitrogens with one attached hydrogen (secondary N) is 1. The van der Waals surface area contributed by atoms with Gasteiger partial charge in [0.25, 0.3) is 5.91 Å². The van der Waals surface area contributed by atoms with Gasteiger partial charge in [-0.25, -0.2) is 4.79 Å². The molecule has 0 radical (unpaired) electrons. The van der Waals surface area contributed by atoms with Crippen molar-refractivity contribution in [2.24, 2.45) is 0 Å². The summed E-state index contributed by atoms with van der Waals surface area (Å²) in [6.07, 6.45) is 0. The quantitative estimate of drug-likeness (QED) is 0.726. The lowest BCUT2D eigenvalue weighted by atomic mass is 10.3. The number of carboxylic acids is 1. The molecule has 1 aromatic carbocycles. The Labute approximate surface area is 118 Å². The number of hydrogen-bond donors (Lipinski definition) is 3. The molecule has 6 nitrogen and oxygen atoms in total. The van der Waals surface area contributed by atoms with Crippen LogP contribution in [0.1, 0.15) is 0 Å². The number of aliphatic hydroxyl groups excluding tert-OH is 1. The summed E-state index contributed by atoms with van der Waals surface area (Å²) in [7, 11) is 0. The van der Waals surface area contributed by atoms with Crippen LogP contribution in [0.5, 0.6) is 5.75 Å². The maximum Gasteiger partial charge on any atom is 0.328 e. The van der Waals surface area contributed by atoms with Crippen molar-refractivity contribution in [3.8, 4) is 5.75 Å². The number of carbonyl (C=O) groups excluding carboxylic acids is 1. The van der Waals surface area contributed by atoms with Gasteiger partial charge in [-0.3, -0.25) is 4.79 Å². The Morgan fingerprint density at radius 1 is 1.37 bits per heavy atom. The monoisotopic (exact) mass is 307 g/mol. The van der Waals surface area contributed by atoms with Crippen LogP contribution in [0.2, 0.25) is 10.0 Å². The van der Waals surface area contributed by atoms with Gasteiger partial charge in [0.1, 0.15) is 11.8 Å². The minimum absolute atomic E-state index is 0.209. The van der Waals surface area contributed by atoms with Crippen LogP contribution in [-0.2, 0) is 9.59 Å². The van der Waals surface area contributed by atoms with E-state index in [2.05, 4.69) is 5.32 Å². The molecule has 0 aliphatic heterocycles. The number of aliphatic carboxylic acids is 1. The van der Waals surface area contributed by atoms with Crippen LogP contribution in [0.25, 0.3) is 0 Å². The van der Waals surface area contributed by atoms with Crippen LogP contribution in [0.3, 0.4) is 0 Å². The number of aliphatic hydroxyl groups is 1. The van der Waals surface area contributed by atoms with E-state index in [4.69, 9.17) is 38.2 Å². The van der Waals surface area contributed by atoms with Gasteiger partial charge in [-0.15, -0.1) is 0 Å². The lowest BCUT2D eigenvalue weighted by Gasteiger charge is -2.12. The van der Waals surface area contributed by atoms with Gasteiger partial charge in [0.05, 0.1) is 11.6 Å². The fourth-order valence-electron chi connectivity index (χ4n) is 1.15. The van der Waals surface area contributed by atoms with Gasteiger partial charge in [0.2, 0.25) is 0 Å². The van der Waals surface area contributed by atoms with E-state index in [0.717, 1.165) is 0 Å². The lowest BCUT2D eigenvalue weighted by molar-refractivity contribution is -0.143. The minimum Gasteiger partial charge on any atom is -0.482 e. The van der Waals surface area contributed by atoms with E-state index in [1.807, 2.05) is 0 Å². The molecule has 3 N–H and O–H groups in total. The van der Waals surface area contributed by atoms with Crippen molar-refractivity contribution in [1.29, 1.82) is 0 Å². The summed E-state index contributed by atoms with van der Waals surface area (Å²) in [4.78, 5) is 22.0. The highest BCUT2D eigenvalue weighted by molar-refractivity contribution is 6.34. The summed E-state index contributed by atoms with van der Waals surface area (Å²) in [5, 5.41) is 20.1. The molecule has 1 aromatic rings. The lowest BCUT2D eigenvalue weighted by Crippen LogP contribution is -2.45. The predicted molar refractivity (Wildman–Crippen MR) is 68.6 cm³/mol. The van der Waals surface area contributed by atoms with Gasteiger partial charge in [0.15, 0.2) is 6.61 Å². The SMILES string of the molecule is O=C(COc1cc(Cl)ccc1Cl)NC(CO)C(=O)O. The molecule has 0 aliphatic rings. The zero-order chi connectivity index (χ0) is 14.4. The average Bonchev–Trinajstić information content (AvgIpc) is 2.36. The molecule has 0 saturated heterocycles. The summed E-state index contributed by atoms with van der Waals surface area (Å²) >= 11 is 11.5. The second-order valence-corrected chi connectivity index (χ2v) is 4.35. The normalized spacial score (nSPS) is 11.7. The molecular formula is C11H11Cl2NO5. The van der Waals surface area contributed by atoms with E-state index in [-0.39, 0.29) is 10.8 Å². The highest BCUT2D eigenvalue weighted by Gasteiger charge is 2.19. The Hall–Kier alpha value is -1.50. The first-order valence-electron chi connectivity index (χ1n) is 5.15. The first-order valence-corrected chi connectivity index (χ1v) is 5.90. The molecule has 104 valence electrons. The Kier molecular flexibility index (Phi) is 5.88. The zero-order valence-corrected chi connectivity index (χ0v) is 11.1. The fourth-order valence-corrected chi connectivity index (χ4v) is 1.49. The van der Waals surface area contributed by atoms with Gasteiger partial charge in [-0.1, -0.05) is 23.2 Å². The molecule has 1 rings (SSSR count). The Bertz CT molecular complexity index is 480. The number of rotatable bonds is 6. The Morgan fingerprint density at radius 2 is 2.05 bits per heavy atom. The van der Waals surface area contributed by atoms with E-state index < -0.39 is 31.1 Å². The number of hydrogen-bond acceptors (Lipinski definition) is 4. The molecule has 0 aromatic heterocycles. The summed E-state index contributed by atoms with van der Waals surface area (Å²) < 4.78 is 5.10. The van der Waals surface area contributed by atoms with Crippen molar-refractivity contribution in [1.82, 2.24) is 5.32 Å². The van der Waals surface area contributed by atoms with Gasteiger partial charge >= 0.3 is 5.97 Å². The van der Waals surface area contributed by atoms with Crippen LogP contribution >= 0.6 is 23.2 Å². The molecule has 1 unspecified atom stereocenters. The van der Waals surface area contributed by atoms with Crippen molar-refractivity contribution in [3.05, 3.63) is 28.2 Å². The molecular weight excluding hydrogens is 297 g/mol. The fraction of sp³-hybridized carbons (Fsp3) is 0.273. The molecule has 0 heterocycles. The number of carbonyl (C=O) groups is 2. The van der Waals surface area contributed by atoms with Crippen LogP contribution in [0.15, 0.2) is 18.2 Å². The van der Waals surface area contributed by atoms with Crippen LogP contribution in [0, 0.1) is 0 Å². The van der Waals surface area contributed by atoms with Crippen molar-refractivity contribution in [2.45, 2.75) is 6.04 Å². The highest BCUT2D eigenvalue weighted by atomic mass is 35.5. The van der Waals surface area contributed by atoms with Crippen LogP contribution in [-0.4, -0.2) is 41.3 Å². The summed E-state index contributed by atoms with van der Waals surface area (Å²) in [5.74, 6) is -1.82. The Morgan fingerprint density at radius 3 is 2.63 bits per heavy atom. The molecule has 0 saturated carbocycles. The molecule has 0 spiro atoms. The van der Waals surface area contributed by atoms with Gasteiger partial charge in [-0.05, 0) is 12.1 Å². The number of carboxylic acid groups (broad SMARTS) is 1. The number of ether oxygens (including phenoxy) is 1. The van der Waals surface area contributed by atoms with Crippen LogP contribution in [0.4, 0.5) is 0 Å². The van der Waals surface area contributed by atoms with E-state index in [9.17, 15) is 9.59 Å². The molecule has 0 aliphatic carbocycles. The zero-order valence-electron chi connectivity index (χ0n) is 9.60. The molecule has 0 fully saturated rings. The molecule has 1 amide bonds. The van der Waals surface area contributed by atoms with Crippen molar-refractivity contribution >= 4 is 35.1 Å². The third-order valence-electron chi connectivity index (χ3n) is 2.07. The standard InChI is InChI=1S/C11H11Cl2NO5/c12-6-1-2-7(13)9(3-6)19-5-10(16)14-8(4-15)11(17)18/h1-3,8,15H,4-5H2,(H,14,16)(H,17,18).